The van der Waals surface area contributed by atoms with Gasteiger partial charge in [-0.15, -0.1) is 0 Å². The molecule has 14 heavy (non-hydrogen) atoms. The van der Waals surface area contributed by atoms with Crippen LogP contribution in [-0.2, 0) is 6.42 Å². The highest BCUT2D eigenvalue weighted by Crippen LogP contribution is 2.21. The van der Waals surface area contributed by atoms with E-state index in [1.165, 1.54) is 0 Å². The minimum absolute atomic E-state index is 0.575. The second-order valence-electron chi connectivity index (χ2n) is 3.55. The second kappa shape index (κ2) is 5.59. The third-order valence-electron chi connectivity index (χ3n) is 1.99. The van der Waals surface area contributed by atoms with Crippen LogP contribution in [-0.4, -0.2) is 25.5 Å². The first-order valence-electron chi connectivity index (χ1n) is 4.60. The highest BCUT2D eigenvalue weighted by molar-refractivity contribution is 6.34. The molecule has 0 saturated heterocycles. The lowest BCUT2D eigenvalue weighted by Crippen LogP contribution is -2.13. The van der Waals surface area contributed by atoms with Crippen LogP contribution in [0.15, 0.2) is 12.1 Å². The zero-order valence-electron chi connectivity index (χ0n) is 8.48. The molecule has 0 spiro atoms. The van der Waals surface area contributed by atoms with Crippen LogP contribution in [0.25, 0.3) is 0 Å². The van der Waals surface area contributed by atoms with E-state index in [9.17, 15) is 0 Å². The smallest absolute Gasteiger partial charge is 0.0532 e. The van der Waals surface area contributed by atoms with E-state index in [0.29, 0.717) is 10.0 Å². The van der Waals surface area contributed by atoms with Gasteiger partial charge in [0.1, 0.15) is 0 Å². The molecule has 0 heterocycles. The average Bonchev–Trinajstić information content (AvgIpc) is 2.08. The molecule has 77 valence electrons. The van der Waals surface area contributed by atoms with Crippen LogP contribution in [0.2, 0.25) is 10.0 Å². The fourth-order valence-corrected chi connectivity index (χ4v) is 1.72. The van der Waals surface area contributed by atoms with Crippen LogP contribution < -0.4 is 0 Å². The lowest BCUT2D eigenvalue weighted by molar-refractivity contribution is 0.400. The van der Waals surface area contributed by atoms with Gasteiger partial charge in [-0.25, -0.2) is 0 Å². The third kappa shape index (κ3) is 3.87. The summed E-state index contributed by atoms with van der Waals surface area (Å²) >= 11 is 11.7. The number of halogens is 2. The van der Waals surface area contributed by atoms with Crippen LogP contribution in [0.3, 0.4) is 0 Å². The number of hydrogen-bond acceptors (Lipinski definition) is 1. The summed E-state index contributed by atoms with van der Waals surface area (Å²) in [6.45, 7) is 1.07. The van der Waals surface area contributed by atoms with Crippen LogP contribution >= 0.6 is 23.2 Å². The normalized spacial score (nSPS) is 10.9. The Morgan fingerprint density at radius 2 is 2.00 bits per heavy atom. The molecule has 1 radical (unpaired) electrons. The molecule has 0 unspecified atom stereocenters. The minimum atomic E-state index is 0.575. The standard InChI is InChI=1S/C11H14Cl2N/c1-14(2)7-3-4-9-5-6-10(12)8-11(9)13/h5-6H,3-4,7H2,1-2H3. The fraction of sp³-hybridized carbons (Fsp3) is 0.455. The van der Waals surface area contributed by atoms with Gasteiger partial charge in [0.15, 0.2) is 0 Å². The first kappa shape index (κ1) is 11.8. The van der Waals surface area contributed by atoms with Gasteiger partial charge in [-0.3, -0.25) is 0 Å². The van der Waals surface area contributed by atoms with Gasteiger partial charge in [-0.05, 0) is 45.1 Å². The van der Waals surface area contributed by atoms with Crippen molar-refractivity contribution in [2.45, 2.75) is 12.8 Å². The van der Waals surface area contributed by atoms with Crippen LogP contribution in [0.4, 0.5) is 0 Å². The molecule has 1 nitrogen and oxygen atoms in total. The van der Waals surface area contributed by atoms with Gasteiger partial charge in [0, 0.05) is 6.07 Å². The molecule has 0 saturated carbocycles. The first-order chi connectivity index (χ1) is 6.59. The highest BCUT2D eigenvalue weighted by Gasteiger charge is 2.01. The molecular weight excluding hydrogens is 217 g/mol. The maximum absolute atomic E-state index is 5.99. The van der Waals surface area contributed by atoms with Gasteiger partial charge in [-0.1, -0.05) is 29.3 Å². The lowest BCUT2D eigenvalue weighted by Gasteiger charge is -2.09. The van der Waals surface area contributed by atoms with Crippen molar-refractivity contribution in [3.05, 3.63) is 33.8 Å². The molecule has 0 aliphatic heterocycles. The molecule has 0 aromatic heterocycles. The number of aryl methyl sites for hydroxylation is 1. The molecule has 1 aromatic rings. The van der Waals surface area contributed by atoms with Crippen molar-refractivity contribution in [3.63, 3.8) is 0 Å². The fourth-order valence-electron chi connectivity index (χ4n) is 1.25. The van der Waals surface area contributed by atoms with Gasteiger partial charge in [0.25, 0.3) is 0 Å². The van der Waals surface area contributed by atoms with Crippen LogP contribution in [0.1, 0.15) is 12.0 Å². The minimum Gasteiger partial charge on any atom is -0.309 e. The zero-order chi connectivity index (χ0) is 10.6. The number of benzene rings is 1. The van der Waals surface area contributed by atoms with E-state index in [4.69, 9.17) is 23.2 Å². The summed E-state index contributed by atoms with van der Waals surface area (Å²) in [4.78, 5) is 2.16. The quantitative estimate of drug-likeness (QED) is 0.768. The Bertz CT molecular complexity index is 297. The number of nitrogens with zero attached hydrogens (tertiary/aromatic N) is 1. The largest absolute Gasteiger partial charge is 0.309 e. The molecule has 3 heteroatoms. The van der Waals surface area contributed by atoms with E-state index in [-0.39, 0.29) is 0 Å². The Balaban J connectivity index is 2.51. The van der Waals surface area contributed by atoms with Gasteiger partial charge in [0.2, 0.25) is 0 Å². The summed E-state index contributed by atoms with van der Waals surface area (Å²) < 4.78 is 0. The molecule has 0 aliphatic rings. The van der Waals surface area contributed by atoms with Gasteiger partial charge in [0.05, 0.1) is 10.0 Å². The van der Waals surface area contributed by atoms with Crippen molar-refractivity contribution in [1.29, 1.82) is 0 Å². The van der Waals surface area contributed by atoms with E-state index in [2.05, 4.69) is 25.1 Å². The monoisotopic (exact) mass is 230 g/mol. The molecule has 0 bridgehead atoms. The Labute approximate surface area is 95.6 Å². The highest BCUT2D eigenvalue weighted by atomic mass is 35.5. The van der Waals surface area contributed by atoms with Crippen LogP contribution in [0.5, 0.6) is 0 Å². The zero-order valence-corrected chi connectivity index (χ0v) is 9.99. The van der Waals surface area contributed by atoms with E-state index in [0.717, 1.165) is 24.9 Å². The third-order valence-corrected chi connectivity index (χ3v) is 2.55. The predicted molar refractivity (Wildman–Crippen MR) is 62.2 cm³/mol. The summed E-state index contributed by atoms with van der Waals surface area (Å²) in [5.41, 5.74) is 1.12. The van der Waals surface area contributed by atoms with Crippen molar-refractivity contribution in [2.75, 3.05) is 20.6 Å². The summed E-state index contributed by atoms with van der Waals surface area (Å²) in [7, 11) is 4.13. The van der Waals surface area contributed by atoms with E-state index < -0.39 is 0 Å². The van der Waals surface area contributed by atoms with Crippen molar-refractivity contribution >= 4 is 23.2 Å². The Morgan fingerprint density at radius 1 is 1.29 bits per heavy atom. The summed E-state index contributed by atoms with van der Waals surface area (Å²) in [5, 5.41) is 1.22. The maximum atomic E-state index is 5.99. The van der Waals surface area contributed by atoms with Crippen molar-refractivity contribution in [3.8, 4) is 0 Å². The Kier molecular flexibility index (Phi) is 4.73. The van der Waals surface area contributed by atoms with Crippen LogP contribution in [0, 0.1) is 6.07 Å². The molecule has 0 fully saturated rings. The second-order valence-corrected chi connectivity index (χ2v) is 4.34. The Morgan fingerprint density at radius 3 is 2.57 bits per heavy atom. The van der Waals surface area contributed by atoms with E-state index in [1.54, 1.807) is 0 Å². The SMILES string of the molecule is CN(C)CCCc1ccc(Cl)[c]c1Cl. The molecule has 0 N–H and O–H groups in total. The molecule has 1 rings (SSSR count). The van der Waals surface area contributed by atoms with Gasteiger partial charge < -0.3 is 4.90 Å². The number of rotatable bonds is 4. The van der Waals surface area contributed by atoms with Crippen molar-refractivity contribution < 1.29 is 0 Å². The molecule has 0 atom stereocenters. The topological polar surface area (TPSA) is 3.24 Å². The first-order valence-corrected chi connectivity index (χ1v) is 5.36. The molecule has 0 aliphatic carbocycles. The molecular formula is C11H14Cl2N. The summed E-state index contributed by atoms with van der Waals surface area (Å²) in [5.74, 6) is 0. The molecule has 0 amide bonds. The van der Waals surface area contributed by atoms with Gasteiger partial charge in [-0.2, -0.15) is 0 Å². The van der Waals surface area contributed by atoms with Crippen molar-refractivity contribution in [1.82, 2.24) is 4.90 Å². The number of hydrogen-bond donors (Lipinski definition) is 0. The predicted octanol–water partition coefficient (Wildman–Crippen LogP) is 3.29. The lowest BCUT2D eigenvalue weighted by atomic mass is 10.1. The van der Waals surface area contributed by atoms with Crippen molar-refractivity contribution in [2.24, 2.45) is 0 Å². The van der Waals surface area contributed by atoms with E-state index >= 15 is 0 Å². The summed E-state index contributed by atoms with van der Waals surface area (Å²) in [6, 6.07) is 6.69. The van der Waals surface area contributed by atoms with Gasteiger partial charge >= 0.3 is 0 Å². The molecule has 1 aromatic carbocycles. The Hall–Kier alpha value is -0.240. The average molecular weight is 231 g/mol. The summed E-state index contributed by atoms with van der Waals surface area (Å²) in [6.07, 6.45) is 2.08. The van der Waals surface area contributed by atoms with E-state index in [1.807, 2.05) is 12.1 Å². The maximum Gasteiger partial charge on any atom is 0.0532 e.